The van der Waals surface area contributed by atoms with E-state index < -0.39 is 14.1 Å². The summed E-state index contributed by atoms with van der Waals surface area (Å²) in [7, 11) is -1.94. The van der Waals surface area contributed by atoms with E-state index in [0.29, 0.717) is 0 Å². The molecule has 1 unspecified atom stereocenters. The average molecular weight is 351 g/mol. The number of halogens is 1. The van der Waals surface area contributed by atoms with Crippen molar-refractivity contribution >= 4 is 24.2 Å². The first-order valence-corrected chi connectivity index (χ1v) is 10.8. The Labute approximate surface area is 129 Å². The van der Waals surface area contributed by atoms with Crippen LogP contribution in [0.15, 0.2) is 59.1 Å². The highest BCUT2D eigenvalue weighted by Gasteiger charge is 2.37. The SMILES string of the molecule is C[Si](C)(C)OC(O)(c1ccccc1)c1cccc(Br)c1. The van der Waals surface area contributed by atoms with Gasteiger partial charge >= 0.3 is 0 Å². The monoisotopic (exact) mass is 350 g/mol. The van der Waals surface area contributed by atoms with Crippen molar-refractivity contribution in [1.29, 1.82) is 0 Å². The second kappa shape index (κ2) is 5.82. The Bertz CT molecular complexity index is 581. The van der Waals surface area contributed by atoms with E-state index in [1.54, 1.807) is 0 Å². The summed E-state index contributed by atoms with van der Waals surface area (Å²) in [5.74, 6) is -1.41. The van der Waals surface area contributed by atoms with Crippen molar-refractivity contribution in [3.63, 3.8) is 0 Å². The van der Waals surface area contributed by atoms with Crippen molar-refractivity contribution in [1.82, 2.24) is 0 Å². The molecule has 1 N–H and O–H groups in total. The molecule has 4 heteroatoms. The number of aliphatic hydroxyl groups is 1. The Balaban J connectivity index is 2.55. The lowest BCUT2D eigenvalue weighted by Gasteiger charge is -2.35. The average Bonchev–Trinajstić information content (AvgIpc) is 2.38. The number of rotatable bonds is 4. The molecule has 2 aromatic rings. The van der Waals surface area contributed by atoms with Crippen molar-refractivity contribution in [3.8, 4) is 0 Å². The van der Waals surface area contributed by atoms with E-state index in [0.717, 1.165) is 15.6 Å². The fourth-order valence-electron chi connectivity index (χ4n) is 2.09. The maximum absolute atomic E-state index is 11.2. The van der Waals surface area contributed by atoms with Gasteiger partial charge in [-0.15, -0.1) is 0 Å². The molecule has 1 atom stereocenters. The first-order chi connectivity index (χ1) is 9.31. The molecule has 0 radical (unpaired) electrons. The third-order valence-electron chi connectivity index (χ3n) is 2.83. The predicted molar refractivity (Wildman–Crippen MR) is 88.0 cm³/mol. The Kier molecular flexibility index (Phi) is 4.49. The van der Waals surface area contributed by atoms with Gasteiger partial charge in [0, 0.05) is 15.6 Å². The van der Waals surface area contributed by atoms with Crippen LogP contribution in [0, 0.1) is 0 Å². The van der Waals surface area contributed by atoms with Gasteiger partial charge in [0.25, 0.3) is 0 Å². The summed E-state index contributed by atoms with van der Waals surface area (Å²) in [4.78, 5) is 0. The molecule has 2 aromatic carbocycles. The topological polar surface area (TPSA) is 29.5 Å². The zero-order valence-corrected chi connectivity index (χ0v) is 14.5. The van der Waals surface area contributed by atoms with Gasteiger partial charge in [-0.3, -0.25) is 0 Å². The molecule has 0 aliphatic heterocycles. The number of hydrogen-bond donors (Lipinski definition) is 1. The van der Waals surface area contributed by atoms with Gasteiger partial charge in [-0.05, 0) is 31.8 Å². The van der Waals surface area contributed by atoms with Gasteiger partial charge < -0.3 is 9.53 Å². The van der Waals surface area contributed by atoms with E-state index in [4.69, 9.17) is 4.43 Å². The van der Waals surface area contributed by atoms with Crippen molar-refractivity contribution in [2.75, 3.05) is 0 Å². The molecule has 2 rings (SSSR count). The van der Waals surface area contributed by atoms with Crippen molar-refractivity contribution in [2.24, 2.45) is 0 Å². The van der Waals surface area contributed by atoms with Gasteiger partial charge in [-0.25, -0.2) is 0 Å². The van der Waals surface area contributed by atoms with Crippen LogP contribution in [0.1, 0.15) is 11.1 Å². The van der Waals surface area contributed by atoms with E-state index in [9.17, 15) is 5.11 Å². The molecular formula is C16H19BrO2Si. The molecule has 0 aliphatic rings. The molecule has 0 bridgehead atoms. The van der Waals surface area contributed by atoms with Crippen LogP contribution in [0.3, 0.4) is 0 Å². The molecule has 0 amide bonds. The summed E-state index contributed by atoms with van der Waals surface area (Å²) in [6.45, 7) is 6.21. The van der Waals surface area contributed by atoms with Gasteiger partial charge in [0.1, 0.15) is 0 Å². The molecule has 0 fully saturated rings. The van der Waals surface area contributed by atoms with Crippen LogP contribution in [0.25, 0.3) is 0 Å². The van der Waals surface area contributed by atoms with Crippen molar-refractivity contribution in [3.05, 3.63) is 70.2 Å². The maximum atomic E-state index is 11.2. The third-order valence-corrected chi connectivity index (χ3v) is 4.24. The predicted octanol–water partition coefficient (Wildman–Crippen LogP) is 4.49. The highest BCUT2D eigenvalue weighted by molar-refractivity contribution is 9.10. The van der Waals surface area contributed by atoms with E-state index >= 15 is 0 Å². The second-order valence-corrected chi connectivity index (χ2v) is 11.1. The van der Waals surface area contributed by atoms with Crippen LogP contribution in [0.5, 0.6) is 0 Å². The summed E-state index contributed by atoms with van der Waals surface area (Å²) in [6.07, 6.45) is 0. The Morgan fingerprint density at radius 2 is 1.55 bits per heavy atom. The molecule has 2 nitrogen and oxygen atoms in total. The molecule has 0 aliphatic carbocycles. The van der Waals surface area contributed by atoms with Gasteiger partial charge in [0.2, 0.25) is 5.79 Å². The van der Waals surface area contributed by atoms with Crippen LogP contribution in [0.4, 0.5) is 0 Å². The largest absolute Gasteiger partial charge is 0.384 e. The van der Waals surface area contributed by atoms with Gasteiger partial charge in [0.05, 0.1) is 0 Å². The minimum absolute atomic E-state index is 0.737. The lowest BCUT2D eigenvalue weighted by Crippen LogP contribution is -2.41. The fraction of sp³-hybridized carbons (Fsp3) is 0.250. The van der Waals surface area contributed by atoms with E-state index in [1.807, 2.05) is 54.6 Å². The van der Waals surface area contributed by atoms with Crippen LogP contribution in [0.2, 0.25) is 19.6 Å². The zero-order chi connectivity index (χ0) is 14.8. The van der Waals surface area contributed by atoms with Crippen molar-refractivity contribution < 1.29 is 9.53 Å². The van der Waals surface area contributed by atoms with Crippen LogP contribution in [-0.4, -0.2) is 13.4 Å². The van der Waals surface area contributed by atoms with Crippen molar-refractivity contribution in [2.45, 2.75) is 25.4 Å². The summed E-state index contributed by atoms with van der Waals surface area (Å²) < 4.78 is 7.05. The molecular weight excluding hydrogens is 332 g/mol. The Hall–Kier alpha value is -0.943. The molecule has 0 saturated heterocycles. The standard InChI is InChI=1S/C16H19BrO2Si/c1-20(2,3)19-16(18,13-8-5-4-6-9-13)14-10-7-11-15(17)12-14/h4-12,18H,1-3H3. The Morgan fingerprint density at radius 1 is 0.950 bits per heavy atom. The zero-order valence-electron chi connectivity index (χ0n) is 11.9. The molecule has 106 valence electrons. The molecule has 0 aromatic heterocycles. The first-order valence-electron chi connectivity index (χ1n) is 6.55. The summed E-state index contributed by atoms with van der Waals surface area (Å²) in [5.41, 5.74) is 1.49. The third kappa shape index (κ3) is 3.58. The van der Waals surface area contributed by atoms with Crippen LogP contribution < -0.4 is 0 Å². The summed E-state index contributed by atoms with van der Waals surface area (Å²) in [6, 6.07) is 17.1. The molecule has 0 spiro atoms. The minimum Gasteiger partial charge on any atom is -0.384 e. The number of hydrogen-bond acceptors (Lipinski definition) is 2. The summed E-state index contributed by atoms with van der Waals surface area (Å²) in [5, 5.41) is 11.2. The maximum Gasteiger partial charge on any atom is 0.210 e. The summed E-state index contributed by atoms with van der Waals surface area (Å²) >= 11 is 3.45. The van der Waals surface area contributed by atoms with E-state index in [1.165, 1.54) is 0 Å². The number of benzene rings is 2. The molecule has 20 heavy (non-hydrogen) atoms. The van der Waals surface area contributed by atoms with Gasteiger partial charge in [0.15, 0.2) is 8.32 Å². The Morgan fingerprint density at radius 3 is 2.10 bits per heavy atom. The normalized spacial score (nSPS) is 14.8. The highest BCUT2D eigenvalue weighted by Crippen LogP contribution is 2.34. The van der Waals surface area contributed by atoms with Gasteiger partial charge in [-0.1, -0.05) is 58.4 Å². The van der Waals surface area contributed by atoms with Crippen LogP contribution in [-0.2, 0) is 10.2 Å². The fourth-order valence-corrected chi connectivity index (χ4v) is 3.61. The highest BCUT2D eigenvalue weighted by atomic mass is 79.9. The van der Waals surface area contributed by atoms with E-state index in [-0.39, 0.29) is 0 Å². The van der Waals surface area contributed by atoms with E-state index in [2.05, 4.69) is 35.6 Å². The first kappa shape index (κ1) is 15.4. The quantitative estimate of drug-likeness (QED) is 0.649. The lowest BCUT2D eigenvalue weighted by atomic mass is 9.98. The van der Waals surface area contributed by atoms with Crippen LogP contribution >= 0.6 is 15.9 Å². The molecule has 0 saturated carbocycles. The smallest absolute Gasteiger partial charge is 0.210 e. The minimum atomic E-state index is -1.94. The molecule has 0 heterocycles. The lowest BCUT2D eigenvalue weighted by molar-refractivity contribution is -0.115. The van der Waals surface area contributed by atoms with Gasteiger partial charge in [-0.2, -0.15) is 0 Å². The second-order valence-electron chi connectivity index (χ2n) is 5.73.